The van der Waals surface area contributed by atoms with Gasteiger partial charge in [-0.1, -0.05) is 48.5 Å². The molecule has 14 nitrogen and oxygen atoms in total. The van der Waals surface area contributed by atoms with Crippen molar-refractivity contribution < 1.29 is 51.9 Å². The Bertz CT molecular complexity index is 2820. The zero-order valence-corrected chi connectivity index (χ0v) is 33.5. The van der Waals surface area contributed by atoms with Crippen molar-refractivity contribution in [3.05, 3.63) is 129 Å². The Balaban J connectivity index is 1.68. The summed E-state index contributed by atoms with van der Waals surface area (Å²) in [5.41, 5.74) is 3.64. The lowest BCUT2D eigenvalue weighted by molar-refractivity contribution is 0.479. The van der Waals surface area contributed by atoms with Gasteiger partial charge in [0.15, 0.2) is 0 Å². The number of nitrogens with one attached hydrogen (secondary N) is 2. The second-order valence-electron chi connectivity index (χ2n) is 13.2. The van der Waals surface area contributed by atoms with Gasteiger partial charge in [-0.3, -0.25) is 18.2 Å². The molecule has 0 spiro atoms. The summed E-state index contributed by atoms with van der Waals surface area (Å²) in [7, 11) is -19.1. The summed E-state index contributed by atoms with van der Waals surface area (Å²) in [6.07, 6.45) is 0. The summed E-state index contributed by atoms with van der Waals surface area (Å²) in [5, 5.41) is 6.04. The quantitative estimate of drug-likeness (QED) is 0.0570. The molecule has 6 N–H and O–H groups in total. The first-order valence-electron chi connectivity index (χ1n) is 16.3. The van der Waals surface area contributed by atoms with Crippen LogP contribution in [-0.2, 0) is 40.5 Å². The van der Waals surface area contributed by atoms with E-state index in [1.54, 1.807) is 58.0 Å². The topological polar surface area (TPSA) is 242 Å². The summed E-state index contributed by atoms with van der Waals surface area (Å²) in [4.78, 5) is -1.73. The summed E-state index contributed by atoms with van der Waals surface area (Å²) in [6.45, 7) is 9.40. The lowest BCUT2D eigenvalue weighted by Gasteiger charge is -2.23. The van der Waals surface area contributed by atoms with E-state index in [9.17, 15) is 51.9 Å². The zero-order valence-electron chi connectivity index (χ0n) is 30.3. The third-order valence-corrected chi connectivity index (χ3v) is 13.3. The minimum atomic E-state index is -5.02. The van der Waals surface area contributed by atoms with Gasteiger partial charge in [-0.05, 0) is 122 Å². The Labute approximate surface area is 320 Å². The maximum Gasteiger partial charge on any atom is 0.296 e. The highest BCUT2D eigenvalue weighted by Crippen LogP contribution is 2.41. The molecular formula is C37H38N2O12S4. The van der Waals surface area contributed by atoms with Crippen LogP contribution in [0.15, 0.2) is 98.4 Å². The van der Waals surface area contributed by atoms with Crippen molar-refractivity contribution in [3.8, 4) is 0 Å². The Morgan fingerprint density at radius 2 is 0.927 bits per heavy atom. The number of hydrogen-bond donors (Lipinski definition) is 6. The summed E-state index contributed by atoms with van der Waals surface area (Å²) < 4.78 is 140. The zero-order chi connectivity index (χ0) is 41.0. The Morgan fingerprint density at radius 3 is 1.40 bits per heavy atom. The molecule has 0 amide bonds. The number of anilines is 4. The van der Waals surface area contributed by atoms with E-state index in [2.05, 4.69) is 10.6 Å². The number of hydrogen-bond acceptors (Lipinski definition) is 10. The van der Waals surface area contributed by atoms with Crippen molar-refractivity contribution >= 4 is 63.2 Å². The molecule has 0 radical (unpaired) electrons. The van der Waals surface area contributed by atoms with Crippen LogP contribution in [0.3, 0.4) is 0 Å². The van der Waals surface area contributed by atoms with Gasteiger partial charge in [-0.25, -0.2) is 0 Å². The van der Waals surface area contributed by atoms with Gasteiger partial charge in [0.2, 0.25) is 0 Å². The standard InChI is InChI=1S/C37H38N2O12S4/c1-20-17-22(3)36(54(46,47)48)24(5)34(20)38-28-14-11-26(12-15-28)33(29-9-7-8-10-31(29)52(40,41)42)27-13-16-30(32(19-27)53(43,44)45)39-35-21(2)18-23(4)37(25(35)6)55(49,50)51/h7-19,33,38-39H,1-6H3,(H,40,41,42)(H,43,44,45)(H,46,47,48)(H,49,50,51). The van der Waals surface area contributed by atoms with E-state index in [-0.39, 0.29) is 49.0 Å². The molecule has 0 aliphatic heterocycles. The van der Waals surface area contributed by atoms with Gasteiger partial charge < -0.3 is 10.6 Å². The second-order valence-corrected chi connectivity index (χ2v) is 18.7. The molecule has 0 fully saturated rings. The van der Waals surface area contributed by atoms with E-state index in [1.807, 2.05) is 0 Å². The normalized spacial score (nSPS) is 13.1. The first-order valence-corrected chi connectivity index (χ1v) is 22.0. The molecule has 0 saturated carbocycles. The fourth-order valence-electron chi connectivity index (χ4n) is 7.09. The van der Waals surface area contributed by atoms with Crippen molar-refractivity contribution in [1.82, 2.24) is 0 Å². The minimum Gasteiger partial charge on any atom is -0.355 e. The van der Waals surface area contributed by atoms with Gasteiger partial charge >= 0.3 is 0 Å². The maximum absolute atomic E-state index is 12.9. The SMILES string of the molecule is Cc1cc(C)c(S(=O)(=O)O)c(C)c1Nc1ccc(C(c2ccc(Nc3c(C)cc(C)c(S(=O)(=O)O)c3C)c(S(=O)(=O)O)c2)c2ccccc2S(=O)(=O)O)cc1. The molecule has 5 rings (SSSR count). The highest BCUT2D eigenvalue weighted by atomic mass is 32.2. The molecule has 5 aromatic rings. The fraction of sp³-hybridized carbons (Fsp3) is 0.189. The van der Waals surface area contributed by atoms with Crippen LogP contribution >= 0.6 is 0 Å². The van der Waals surface area contributed by atoms with Gasteiger partial charge in [0.05, 0.1) is 10.6 Å². The van der Waals surface area contributed by atoms with E-state index >= 15 is 0 Å². The fourth-order valence-corrected chi connectivity index (χ4v) is 10.4. The van der Waals surface area contributed by atoms with Crippen LogP contribution in [0.2, 0.25) is 0 Å². The number of rotatable bonds is 11. The van der Waals surface area contributed by atoms with Crippen LogP contribution in [0.4, 0.5) is 22.7 Å². The molecule has 0 aliphatic rings. The molecule has 5 aromatic carbocycles. The summed E-state index contributed by atoms with van der Waals surface area (Å²) >= 11 is 0. The molecule has 1 unspecified atom stereocenters. The monoisotopic (exact) mass is 830 g/mol. The van der Waals surface area contributed by atoms with Gasteiger partial charge in [-0.15, -0.1) is 0 Å². The van der Waals surface area contributed by atoms with Crippen molar-refractivity contribution in [3.63, 3.8) is 0 Å². The van der Waals surface area contributed by atoms with Crippen LogP contribution in [0.5, 0.6) is 0 Å². The average Bonchev–Trinajstić information content (AvgIpc) is 3.04. The number of aryl methyl sites for hydroxylation is 4. The Morgan fingerprint density at radius 1 is 0.473 bits per heavy atom. The average molecular weight is 831 g/mol. The molecule has 0 bridgehead atoms. The van der Waals surface area contributed by atoms with Gasteiger partial charge in [-0.2, -0.15) is 33.7 Å². The lowest BCUT2D eigenvalue weighted by atomic mass is 9.85. The predicted molar refractivity (Wildman–Crippen MR) is 207 cm³/mol. The first-order chi connectivity index (χ1) is 25.3. The maximum atomic E-state index is 12.9. The minimum absolute atomic E-state index is 0.0544. The van der Waals surface area contributed by atoms with E-state index in [4.69, 9.17) is 0 Å². The summed E-state index contributed by atoms with van der Waals surface area (Å²) in [5.74, 6) is -1.08. The predicted octanol–water partition coefficient (Wildman–Crippen LogP) is 7.19. The van der Waals surface area contributed by atoms with Crippen molar-refractivity contribution in [2.75, 3.05) is 10.6 Å². The van der Waals surface area contributed by atoms with Crippen molar-refractivity contribution in [2.45, 2.75) is 67.0 Å². The van der Waals surface area contributed by atoms with Crippen LogP contribution in [0.25, 0.3) is 0 Å². The molecule has 0 aliphatic carbocycles. The third kappa shape index (κ3) is 8.61. The molecule has 0 saturated heterocycles. The number of benzene rings is 5. The lowest BCUT2D eigenvalue weighted by Crippen LogP contribution is -2.13. The first kappa shape index (κ1) is 41.5. The van der Waals surface area contributed by atoms with Crippen molar-refractivity contribution in [2.24, 2.45) is 0 Å². The molecule has 0 aromatic heterocycles. The second kappa shape index (κ2) is 14.8. The smallest absolute Gasteiger partial charge is 0.296 e. The van der Waals surface area contributed by atoms with E-state index in [0.717, 1.165) is 6.07 Å². The highest BCUT2D eigenvalue weighted by Gasteiger charge is 2.29. The van der Waals surface area contributed by atoms with E-state index in [0.29, 0.717) is 33.6 Å². The molecule has 292 valence electrons. The van der Waals surface area contributed by atoms with E-state index in [1.165, 1.54) is 56.3 Å². The van der Waals surface area contributed by atoms with Gasteiger partial charge in [0, 0.05) is 23.0 Å². The Kier molecular flexibility index (Phi) is 11.1. The largest absolute Gasteiger partial charge is 0.355 e. The van der Waals surface area contributed by atoms with Crippen LogP contribution < -0.4 is 10.6 Å². The molecule has 0 heterocycles. The molecular weight excluding hydrogens is 793 g/mol. The molecule has 18 heteroatoms. The Hall–Kier alpha value is -4.66. The van der Waals surface area contributed by atoms with Crippen molar-refractivity contribution in [1.29, 1.82) is 0 Å². The third-order valence-electron chi connectivity index (χ3n) is 9.22. The van der Waals surface area contributed by atoms with Gasteiger partial charge in [0.1, 0.15) is 14.7 Å². The van der Waals surface area contributed by atoms with Crippen LogP contribution in [-0.4, -0.2) is 51.9 Å². The highest BCUT2D eigenvalue weighted by molar-refractivity contribution is 7.86. The van der Waals surface area contributed by atoms with Crippen LogP contribution in [0, 0.1) is 41.5 Å². The molecule has 55 heavy (non-hydrogen) atoms. The van der Waals surface area contributed by atoms with Gasteiger partial charge in [0.25, 0.3) is 40.5 Å². The van der Waals surface area contributed by atoms with E-state index < -0.39 is 56.2 Å². The van der Waals surface area contributed by atoms with Crippen LogP contribution in [0.1, 0.15) is 56.0 Å². The molecule has 1 atom stereocenters. The summed E-state index contributed by atoms with van der Waals surface area (Å²) in [6, 6.07) is 18.9.